The minimum atomic E-state index is -1.14. The van der Waals surface area contributed by atoms with Crippen molar-refractivity contribution < 1.29 is 9.13 Å². The Bertz CT molecular complexity index is 1090. The average Bonchev–Trinajstić information content (AvgIpc) is 3.28. The summed E-state index contributed by atoms with van der Waals surface area (Å²) >= 11 is 0. The zero-order chi connectivity index (χ0) is 21.4. The molecule has 4 rings (SSSR count). The van der Waals surface area contributed by atoms with E-state index in [1.807, 2.05) is 27.7 Å². The van der Waals surface area contributed by atoms with Gasteiger partial charge in [-0.3, -0.25) is 4.68 Å². The second kappa shape index (κ2) is 7.97. The Hall–Kier alpha value is -2.50. The number of hydrogen-bond acceptors (Lipinski definition) is 4. The number of nitrogens with zero attached hydrogens (tertiary/aromatic N) is 5. The quantitative estimate of drug-likeness (QED) is 0.370. The lowest BCUT2D eigenvalue weighted by atomic mass is 9.75. The van der Waals surface area contributed by atoms with Crippen LogP contribution in [0.3, 0.4) is 0 Å². The molecule has 3 heterocycles. The van der Waals surface area contributed by atoms with Gasteiger partial charge in [-0.05, 0) is 31.4 Å². The first-order valence-electron chi connectivity index (χ1n) is 10.5. The average molecular weight is 426 g/mol. The lowest BCUT2D eigenvalue weighted by Crippen LogP contribution is -2.40. The van der Waals surface area contributed by atoms with Gasteiger partial charge in [0.25, 0.3) is 0 Å². The molecular weight excluding hydrogens is 397 g/mol. The largest absolute Gasteiger partial charge is 0.361 e. The van der Waals surface area contributed by atoms with Crippen molar-refractivity contribution >= 4 is 19.1 Å². The molecule has 158 valence electrons. The number of fused-ring (bicyclic) bond motifs is 1. The van der Waals surface area contributed by atoms with E-state index in [-0.39, 0.29) is 11.4 Å². The Kier molecular flexibility index (Phi) is 5.51. The number of nitriles is 1. The second-order valence-electron chi connectivity index (χ2n) is 9.44. The molecule has 1 fully saturated rings. The SMILES string of the molecule is C[Si](C)(C)CCOCn1ccc2c(-c3cnn(C4(CC#N)CCC4)c3)c(F)cnc21. The highest BCUT2D eigenvalue weighted by atomic mass is 28.3. The van der Waals surface area contributed by atoms with E-state index in [0.717, 1.165) is 37.3 Å². The summed E-state index contributed by atoms with van der Waals surface area (Å²) in [5.74, 6) is -0.373. The molecule has 0 N–H and O–H groups in total. The summed E-state index contributed by atoms with van der Waals surface area (Å²) in [6.45, 7) is 8.08. The van der Waals surface area contributed by atoms with Crippen molar-refractivity contribution in [2.75, 3.05) is 6.61 Å². The Labute approximate surface area is 177 Å². The monoisotopic (exact) mass is 425 g/mol. The maximum Gasteiger partial charge on any atom is 0.150 e. The van der Waals surface area contributed by atoms with Crippen LogP contribution in [0.2, 0.25) is 25.7 Å². The first kappa shape index (κ1) is 20.8. The molecule has 3 aromatic rings. The number of pyridine rings is 1. The highest BCUT2D eigenvalue weighted by molar-refractivity contribution is 6.76. The van der Waals surface area contributed by atoms with Crippen LogP contribution in [-0.2, 0) is 17.0 Å². The maximum atomic E-state index is 14.8. The summed E-state index contributed by atoms with van der Waals surface area (Å²) in [5, 5.41) is 14.4. The van der Waals surface area contributed by atoms with Gasteiger partial charge in [-0.2, -0.15) is 10.4 Å². The van der Waals surface area contributed by atoms with Crippen molar-refractivity contribution in [2.45, 2.75) is 63.6 Å². The van der Waals surface area contributed by atoms with Gasteiger partial charge in [0.05, 0.1) is 30.4 Å². The van der Waals surface area contributed by atoms with Crippen LogP contribution < -0.4 is 0 Å². The first-order valence-corrected chi connectivity index (χ1v) is 14.2. The van der Waals surface area contributed by atoms with Crippen molar-refractivity contribution in [3.63, 3.8) is 0 Å². The molecule has 0 radical (unpaired) electrons. The van der Waals surface area contributed by atoms with E-state index in [9.17, 15) is 9.65 Å². The summed E-state index contributed by atoms with van der Waals surface area (Å²) in [4.78, 5) is 4.31. The Morgan fingerprint density at radius 1 is 1.30 bits per heavy atom. The Morgan fingerprint density at radius 2 is 2.10 bits per heavy atom. The second-order valence-corrected chi connectivity index (χ2v) is 15.1. The van der Waals surface area contributed by atoms with Crippen LogP contribution in [0.1, 0.15) is 25.7 Å². The first-order chi connectivity index (χ1) is 14.3. The van der Waals surface area contributed by atoms with E-state index in [2.05, 4.69) is 35.8 Å². The third kappa shape index (κ3) is 3.92. The number of hydrogen-bond donors (Lipinski definition) is 0. The topological polar surface area (TPSA) is 68.7 Å². The third-order valence-electron chi connectivity index (χ3n) is 6.02. The Balaban J connectivity index is 1.60. The minimum absolute atomic E-state index is 0.244. The smallest absolute Gasteiger partial charge is 0.150 e. The number of halogens is 1. The predicted octanol–water partition coefficient (Wildman–Crippen LogP) is 5.14. The van der Waals surface area contributed by atoms with Gasteiger partial charge in [0.15, 0.2) is 0 Å². The lowest BCUT2D eigenvalue weighted by Gasteiger charge is -2.40. The molecule has 1 saturated carbocycles. The molecule has 0 amide bonds. The lowest BCUT2D eigenvalue weighted by molar-refractivity contribution is 0.0899. The summed E-state index contributed by atoms with van der Waals surface area (Å²) in [5.41, 5.74) is 1.66. The van der Waals surface area contributed by atoms with Crippen molar-refractivity contribution in [3.05, 3.63) is 36.7 Å². The maximum absolute atomic E-state index is 14.8. The van der Waals surface area contributed by atoms with Crippen molar-refractivity contribution in [2.24, 2.45) is 0 Å². The molecule has 1 aliphatic rings. The molecule has 0 atom stereocenters. The summed E-state index contributed by atoms with van der Waals surface area (Å²) < 4.78 is 24.4. The van der Waals surface area contributed by atoms with Gasteiger partial charge in [-0.1, -0.05) is 19.6 Å². The number of aromatic nitrogens is 4. The van der Waals surface area contributed by atoms with E-state index in [1.165, 1.54) is 6.20 Å². The molecule has 6 nitrogen and oxygen atoms in total. The van der Waals surface area contributed by atoms with Gasteiger partial charge in [-0.25, -0.2) is 9.37 Å². The van der Waals surface area contributed by atoms with Crippen LogP contribution in [0.15, 0.2) is 30.9 Å². The van der Waals surface area contributed by atoms with Gasteiger partial charge in [-0.15, -0.1) is 0 Å². The number of rotatable bonds is 8. The molecule has 1 aliphatic carbocycles. The van der Waals surface area contributed by atoms with E-state index >= 15 is 0 Å². The molecule has 30 heavy (non-hydrogen) atoms. The zero-order valence-electron chi connectivity index (χ0n) is 17.9. The molecule has 0 bridgehead atoms. The van der Waals surface area contributed by atoms with Crippen molar-refractivity contribution in [1.29, 1.82) is 5.26 Å². The fourth-order valence-corrected chi connectivity index (χ4v) is 4.74. The Morgan fingerprint density at radius 3 is 2.77 bits per heavy atom. The molecule has 8 heteroatoms. The van der Waals surface area contributed by atoms with Gasteiger partial charge < -0.3 is 9.30 Å². The summed E-state index contributed by atoms with van der Waals surface area (Å²) in [6, 6.07) is 5.26. The van der Waals surface area contributed by atoms with E-state index < -0.39 is 8.07 Å². The summed E-state index contributed by atoms with van der Waals surface area (Å²) in [6.07, 6.45) is 10.1. The molecule has 0 aliphatic heterocycles. The van der Waals surface area contributed by atoms with E-state index in [4.69, 9.17) is 4.74 Å². The fraction of sp³-hybridized carbons (Fsp3) is 0.500. The molecule has 0 spiro atoms. The molecular formula is C22H28FN5OSi. The predicted molar refractivity (Wildman–Crippen MR) is 117 cm³/mol. The standard InChI is InChI=1S/C22H28FN5OSi/c1-30(2,3)12-11-29-16-27-10-5-18-20(19(23)14-25-21(18)27)17-13-26-28(15-17)22(8-9-24)6-4-7-22/h5,10,13-15H,4,6-8,11-12,16H2,1-3H3. The number of ether oxygens (including phenoxy) is 1. The van der Waals surface area contributed by atoms with Crippen LogP contribution in [0, 0.1) is 17.1 Å². The highest BCUT2D eigenvalue weighted by Crippen LogP contribution is 2.42. The van der Waals surface area contributed by atoms with Crippen LogP contribution in [0.25, 0.3) is 22.2 Å². The van der Waals surface area contributed by atoms with Crippen LogP contribution in [0.4, 0.5) is 4.39 Å². The van der Waals surface area contributed by atoms with Gasteiger partial charge in [0.1, 0.15) is 18.2 Å². The van der Waals surface area contributed by atoms with E-state index in [0.29, 0.717) is 29.9 Å². The van der Waals surface area contributed by atoms with Crippen molar-refractivity contribution in [1.82, 2.24) is 19.3 Å². The van der Waals surface area contributed by atoms with Crippen LogP contribution in [-0.4, -0.2) is 34.0 Å². The zero-order valence-corrected chi connectivity index (χ0v) is 18.9. The minimum Gasteiger partial charge on any atom is -0.361 e. The third-order valence-corrected chi connectivity index (χ3v) is 7.72. The highest BCUT2D eigenvalue weighted by Gasteiger charge is 2.39. The van der Waals surface area contributed by atoms with Crippen molar-refractivity contribution in [3.8, 4) is 17.2 Å². The summed E-state index contributed by atoms with van der Waals surface area (Å²) in [7, 11) is -1.14. The van der Waals surface area contributed by atoms with Crippen LogP contribution >= 0.6 is 0 Å². The van der Waals surface area contributed by atoms with Crippen LogP contribution in [0.5, 0.6) is 0 Å². The van der Waals surface area contributed by atoms with Gasteiger partial charge in [0.2, 0.25) is 0 Å². The van der Waals surface area contributed by atoms with E-state index in [1.54, 1.807) is 6.20 Å². The molecule has 0 saturated heterocycles. The van der Waals surface area contributed by atoms with Gasteiger partial charge >= 0.3 is 0 Å². The van der Waals surface area contributed by atoms with Gasteiger partial charge in [0, 0.05) is 43.6 Å². The molecule has 3 aromatic heterocycles. The molecule has 0 aromatic carbocycles. The molecule has 0 unspecified atom stereocenters. The normalized spacial score (nSPS) is 15.8. The fourth-order valence-electron chi connectivity index (χ4n) is 3.98.